The SMILES string of the molecule is COc1c(C(=O)N2CCC(N3C[C](n4cc(-c5ncnc6[nH]ccc56)cn4)C3)CC2)csc1Cl. The molecule has 2 aliphatic rings. The zero-order chi connectivity index (χ0) is 23.2. The summed E-state index contributed by atoms with van der Waals surface area (Å²) in [4.78, 5) is 29.1. The van der Waals surface area contributed by atoms with Gasteiger partial charge in [-0.3, -0.25) is 14.4 Å². The lowest BCUT2D eigenvalue weighted by molar-refractivity contribution is 0.0513. The summed E-state index contributed by atoms with van der Waals surface area (Å²) in [6.45, 7) is 3.24. The summed E-state index contributed by atoms with van der Waals surface area (Å²) in [6.07, 6.45) is 9.26. The van der Waals surface area contributed by atoms with Crippen LogP contribution in [-0.4, -0.2) is 79.8 Å². The number of nitrogens with zero attached hydrogens (tertiary/aromatic N) is 6. The molecule has 0 aliphatic carbocycles. The Hall–Kier alpha value is -2.95. The van der Waals surface area contributed by atoms with E-state index in [1.54, 1.807) is 18.8 Å². The molecule has 0 saturated carbocycles. The molecule has 6 rings (SSSR count). The fourth-order valence-electron chi connectivity index (χ4n) is 4.81. The number of methoxy groups -OCH3 is 1. The Kier molecular flexibility index (Phi) is 5.51. The molecule has 0 aromatic carbocycles. The maximum atomic E-state index is 12.9. The number of carbonyl (C=O) groups excluding carboxylic acids is 1. The minimum absolute atomic E-state index is 0.000340. The summed E-state index contributed by atoms with van der Waals surface area (Å²) < 4.78 is 7.80. The van der Waals surface area contributed by atoms with Gasteiger partial charge in [0.05, 0.1) is 24.6 Å². The number of aromatic amines is 1. The third-order valence-electron chi connectivity index (χ3n) is 6.71. The van der Waals surface area contributed by atoms with Gasteiger partial charge in [0.25, 0.3) is 5.91 Å². The molecular weight excluding hydrogens is 474 g/mol. The van der Waals surface area contributed by atoms with E-state index in [2.05, 4.69) is 25.0 Å². The smallest absolute Gasteiger partial charge is 0.258 e. The topological polar surface area (TPSA) is 92.2 Å². The molecule has 4 aromatic heterocycles. The first-order valence-corrected chi connectivity index (χ1v) is 12.4. The number of amides is 1. The summed E-state index contributed by atoms with van der Waals surface area (Å²) in [5.41, 5.74) is 3.25. The van der Waals surface area contributed by atoms with Crippen molar-refractivity contribution in [1.29, 1.82) is 0 Å². The maximum absolute atomic E-state index is 12.9. The molecule has 0 bridgehead atoms. The highest BCUT2D eigenvalue weighted by molar-refractivity contribution is 7.15. The summed E-state index contributed by atoms with van der Waals surface area (Å²) >= 11 is 7.47. The number of fused-ring (bicyclic) bond motifs is 1. The average Bonchev–Trinajstić information content (AvgIpc) is 3.57. The number of halogens is 1. The standard InChI is InChI=1S/C23H23ClN7O2S/c1-33-20-18(12-34-21(20)24)23(32)29-6-3-15(4-7-29)30-10-16(11-30)31-9-14(8-28-31)19-17-2-5-25-22(17)27-13-26-19/h2,5,8-9,12-13,15H,3-4,6-7,10-11H2,1H3,(H,25,26,27). The van der Waals surface area contributed by atoms with E-state index in [0.29, 0.717) is 21.7 Å². The molecule has 6 heterocycles. The molecule has 1 N–H and O–H groups in total. The van der Waals surface area contributed by atoms with E-state index in [9.17, 15) is 4.79 Å². The fraction of sp³-hybridized carbons (Fsp3) is 0.348. The van der Waals surface area contributed by atoms with Crippen molar-refractivity contribution in [2.75, 3.05) is 33.3 Å². The van der Waals surface area contributed by atoms with Crippen LogP contribution in [-0.2, 0) is 0 Å². The Morgan fingerprint density at radius 3 is 2.88 bits per heavy atom. The van der Waals surface area contributed by atoms with Crippen LogP contribution in [0.15, 0.2) is 36.4 Å². The van der Waals surface area contributed by atoms with Crippen LogP contribution in [0.4, 0.5) is 0 Å². The van der Waals surface area contributed by atoms with Crippen molar-refractivity contribution in [3.05, 3.63) is 52.3 Å². The number of hydrogen-bond donors (Lipinski definition) is 1. The number of nitrogens with one attached hydrogen (secondary N) is 1. The summed E-state index contributed by atoms with van der Waals surface area (Å²) in [6, 6.07) is 3.72. The van der Waals surface area contributed by atoms with Gasteiger partial charge in [0.1, 0.15) is 22.4 Å². The van der Waals surface area contributed by atoms with Gasteiger partial charge in [-0.1, -0.05) is 11.6 Å². The van der Waals surface area contributed by atoms with Gasteiger partial charge in [0.15, 0.2) is 5.75 Å². The minimum atomic E-state index is -0.000340. The Morgan fingerprint density at radius 2 is 2.09 bits per heavy atom. The second-order valence-corrected chi connectivity index (χ2v) is 10.1. The van der Waals surface area contributed by atoms with Gasteiger partial charge in [-0.05, 0) is 18.9 Å². The molecule has 175 valence electrons. The van der Waals surface area contributed by atoms with Crippen LogP contribution in [0.3, 0.4) is 0 Å². The van der Waals surface area contributed by atoms with Crippen molar-refractivity contribution in [2.24, 2.45) is 0 Å². The molecule has 0 spiro atoms. The van der Waals surface area contributed by atoms with Gasteiger partial charge in [-0.2, -0.15) is 5.10 Å². The number of carbonyl (C=O) groups is 1. The fourth-order valence-corrected chi connectivity index (χ4v) is 5.85. The molecule has 2 saturated heterocycles. The first-order chi connectivity index (χ1) is 16.6. The third kappa shape index (κ3) is 3.66. The number of aromatic nitrogens is 5. The number of piperidine rings is 1. The zero-order valence-electron chi connectivity index (χ0n) is 18.6. The van der Waals surface area contributed by atoms with Crippen molar-refractivity contribution in [3.8, 4) is 17.0 Å². The monoisotopic (exact) mass is 496 g/mol. The van der Waals surface area contributed by atoms with E-state index < -0.39 is 0 Å². The molecule has 11 heteroatoms. The van der Waals surface area contributed by atoms with Crippen molar-refractivity contribution >= 4 is 39.9 Å². The lowest BCUT2D eigenvalue weighted by Gasteiger charge is -2.46. The van der Waals surface area contributed by atoms with Gasteiger partial charge >= 0.3 is 0 Å². The molecular formula is C23H23ClN7O2S. The highest BCUT2D eigenvalue weighted by atomic mass is 35.5. The molecule has 2 aliphatic heterocycles. The Morgan fingerprint density at radius 1 is 1.26 bits per heavy atom. The number of rotatable bonds is 5. The zero-order valence-corrected chi connectivity index (χ0v) is 20.1. The van der Waals surface area contributed by atoms with Crippen molar-refractivity contribution < 1.29 is 9.53 Å². The maximum Gasteiger partial charge on any atom is 0.258 e. The van der Waals surface area contributed by atoms with Crippen LogP contribution in [0, 0.1) is 6.04 Å². The number of hydrogen-bond acceptors (Lipinski definition) is 7. The van der Waals surface area contributed by atoms with Crippen LogP contribution in [0.25, 0.3) is 22.3 Å². The van der Waals surface area contributed by atoms with Crippen molar-refractivity contribution in [2.45, 2.75) is 18.9 Å². The molecule has 0 unspecified atom stereocenters. The summed E-state index contributed by atoms with van der Waals surface area (Å²) in [5, 5.41) is 7.36. The first-order valence-electron chi connectivity index (χ1n) is 11.1. The van der Waals surface area contributed by atoms with E-state index in [0.717, 1.165) is 61.3 Å². The van der Waals surface area contributed by atoms with E-state index in [4.69, 9.17) is 16.3 Å². The van der Waals surface area contributed by atoms with Gasteiger partial charge < -0.3 is 14.6 Å². The van der Waals surface area contributed by atoms with Gasteiger partial charge in [0, 0.05) is 60.9 Å². The second-order valence-electron chi connectivity index (χ2n) is 8.59. The van der Waals surface area contributed by atoms with Crippen LogP contribution >= 0.6 is 22.9 Å². The molecule has 1 amide bonds. The Labute approximate surface area is 205 Å². The Bertz CT molecular complexity index is 1330. The number of ether oxygens (including phenoxy) is 1. The lowest BCUT2D eigenvalue weighted by Crippen LogP contribution is -2.56. The summed E-state index contributed by atoms with van der Waals surface area (Å²) in [5.74, 6) is 0.484. The number of thiophene rings is 1. The predicted molar refractivity (Wildman–Crippen MR) is 130 cm³/mol. The average molecular weight is 497 g/mol. The van der Waals surface area contributed by atoms with Crippen LogP contribution in [0.1, 0.15) is 23.2 Å². The highest BCUT2D eigenvalue weighted by Crippen LogP contribution is 2.36. The Balaban J connectivity index is 1.05. The van der Waals surface area contributed by atoms with E-state index >= 15 is 0 Å². The molecule has 0 atom stereocenters. The molecule has 4 aromatic rings. The molecule has 34 heavy (non-hydrogen) atoms. The number of H-pyrrole nitrogens is 1. The van der Waals surface area contributed by atoms with E-state index in [-0.39, 0.29) is 5.91 Å². The van der Waals surface area contributed by atoms with E-state index in [1.807, 2.05) is 34.2 Å². The van der Waals surface area contributed by atoms with E-state index in [1.165, 1.54) is 17.4 Å². The molecule has 2 fully saturated rings. The minimum Gasteiger partial charge on any atom is -0.493 e. The normalized spacial score (nSPS) is 17.9. The van der Waals surface area contributed by atoms with Crippen LogP contribution < -0.4 is 4.74 Å². The first kappa shape index (κ1) is 21.6. The lowest BCUT2D eigenvalue weighted by atomic mass is 9.97. The van der Waals surface area contributed by atoms with Crippen LogP contribution in [0.5, 0.6) is 5.75 Å². The van der Waals surface area contributed by atoms with Gasteiger partial charge in [-0.25, -0.2) is 9.97 Å². The predicted octanol–water partition coefficient (Wildman–Crippen LogP) is 3.55. The highest BCUT2D eigenvalue weighted by Gasteiger charge is 2.37. The van der Waals surface area contributed by atoms with Crippen LogP contribution in [0.2, 0.25) is 4.34 Å². The van der Waals surface area contributed by atoms with Gasteiger partial charge in [-0.15, -0.1) is 11.3 Å². The second kappa shape index (κ2) is 8.68. The molecule has 1 radical (unpaired) electrons. The van der Waals surface area contributed by atoms with Crippen molar-refractivity contribution in [3.63, 3.8) is 0 Å². The largest absolute Gasteiger partial charge is 0.493 e. The molecule has 9 nitrogen and oxygen atoms in total. The van der Waals surface area contributed by atoms with Crippen molar-refractivity contribution in [1.82, 2.24) is 34.5 Å². The van der Waals surface area contributed by atoms with Gasteiger partial charge in [0.2, 0.25) is 0 Å². The quantitative estimate of drug-likeness (QED) is 0.454. The summed E-state index contributed by atoms with van der Waals surface area (Å²) in [7, 11) is 1.55. The third-order valence-corrected chi connectivity index (χ3v) is 7.90. The number of likely N-dealkylation sites (tertiary alicyclic amines) is 2.